The second kappa shape index (κ2) is 5.30. The van der Waals surface area contributed by atoms with Gasteiger partial charge in [-0.3, -0.25) is 9.59 Å². The van der Waals surface area contributed by atoms with Crippen molar-refractivity contribution < 1.29 is 14.7 Å². The van der Waals surface area contributed by atoms with Crippen molar-refractivity contribution in [2.45, 2.75) is 23.5 Å². The number of carbonyl (C=O) groups is 2. The second-order valence-electron chi connectivity index (χ2n) is 4.03. The number of aliphatic carboxylic acids is 1. The smallest absolute Gasteiger partial charge is 0.305 e. The number of anilines is 2. The van der Waals surface area contributed by atoms with Crippen LogP contribution in [0.4, 0.5) is 11.4 Å². The van der Waals surface area contributed by atoms with E-state index >= 15 is 0 Å². The topological polar surface area (TPSA) is 78.4 Å². The van der Waals surface area contributed by atoms with E-state index in [0.717, 1.165) is 16.3 Å². The normalized spacial score (nSPS) is 17.8. The van der Waals surface area contributed by atoms with Crippen LogP contribution in [-0.2, 0) is 9.59 Å². The molecule has 0 aliphatic carbocycles. The van der Waals surface area contributed by atoms with Crippen molar-refractivity contribution in [3.05, 3.63) is 18.2 Å². The minimum Gasteiger partial charge on any atom is -0.481 e. The molecule has 1 heterocycles. The van der Waals surface area contributed by atoms with Crippen LogP contribution in [-0.4, -0.2) is 28.8 Å². The zero-order valence-electron chi connectivity index (χ0n) is 9.90. The molecule has 18 heavy (non-hydrogen) atoms. The van der Waals surface area contributed by atoms with Crippen LogP contribution in [0.3, 0.4) is 0 Å². The molecule has 0 spiro atoms. The monoisotopic (exact) mass is 266 g/mol. The molecule has 1 aromatic carbocycles. The van der Waals surface area contributed by atoms with Crippen molar-refractivity contribution in [2.75, 3.05) is 17.2 Å². The summed E-state index contributed by atoms with van der Waals surface area (Å²) in [5.41, 5.74) is 1.59. The van der Waals surface area contributed by atoms with Gasteiger partial charge < -0.3 is 15.7 Å². The number of rotatable bonds is 4. The molecular formula is C12H14N2O3S. The largest absolute Gasteiger partial charge is 0.481 e. The number of thioether (sulfide) groups is 1. The van der Waals surface area contributed by atoms with Gasteiger partial charge in [0.15, 0.2) is 0 Å². The lowest BCUT2D eigenvalue weighted by molar-refractivity contribution is -0.136. The molecule has 6 heteroatoms. The van der Waals surface area contributed by atoms with Gasteiger partial charge in [-0.05, 0) is 25.1 Å². The predicted octanol–water partition coefficient (Wildman–Crippen LogP) is 2.01. The molecular weight excluding hydrogens is 252 g/mol. The Labute approximate surface area is 109 Å². The molecule has 2 rings (SSSR count). The third-order valence-corrected chi connectivity index (χ3v) is 3.76. The highest BCUT2D eigenvalue weighted by Crippen LogP contribution is 2.36. The van der Waals surface area contributed by atoms with Crippen LogP contribution >= 0.6 is 11.8 Å². The Balaban J connectivity index is 2.05. The lowest BCUT2D eigenvalue weighted by Crippen LogP contribution is -2.26. The molecule has 96 valence electrons. The number of benzene rings is 1. The van der Waals surface area contributed by atoms with E-state index in [0.29, 0.717) is 6.54 Å². The molecule has 1 aliphatic heterocycles. The molecule has 1 aromatic rings. The molecule has 5 nitrogen and oxygen atoms in total. The third-order valence-electron chi connectivity index (χ3n) is 2.58. The fourth-order valence-corrected chi connectivity index (χ4v) is 2.56. The van der Waals surface area contributed by atoms with E-state index < -0.39 is 5.97 Å². The van der Waals surface area contributed by atoms with E-state index in [-0.39, 0.29) is 17.6 Å². The van der Waals surface area contributed by atoms with Gasteiger partial charge in [0, 0.05) is 17.1 Å². The van der Waals surface area contributed by atoms with Crippen LogP contribution in [0.15, 0.2) is 23.1 Å². The van der Waals surface area contributed by atoms with Crippen molar-refractivity contribution >= 4 is 35.0 Å². The van der Waals surface area contributed by atoms with E-state index in [2.05, 4.69) is 10.6 Å². The highest BCUT2D eigenvalue weighted by Gasteiger charge is 2.22. The van der Waals surface area contributed by atoms with E-state index in [1.165, 1.54) is 11.8 Å². The number of hydrogen-bond donors (Lipinski definition) is 3. The summed E-state index contributed by atoms with van der Waals surface area (Å²) in [7, 11) is 0. The minimum atomic E-state index is -0.835. The Morgan fingerprint density at radius 3 is 3.06 bits per heavy atom. The van der Waals surface area contributed by atoms with Crippen LogP contribution in [0, 0.1) is 0 Å². The average Bonchev–Trinajstić information content (AvgIpc) is 2.30. The molecule has 3 N–H and O–H groups in total. The van der Waals surface area contributed by atoms with Gasteiger partial charge in [-0.2, -0.15) is 0 Å². The Morgan fingerprint density at radius 1 is 1.56 bits per heavy atom. The number of hydrogen-bond acceptors (Lipinski definition) is 4. The first kappa shape index (κ1) is 12.8. The Morgan fingerprint density at radius 2 is 2.33 bits per heavy atom. The molecule has 0 radical (unpaired) electrons. The molecule has 1 unspecified atom stereocenters. The van der Waals surface area contributed by atoms with Crippen molar-refractivity contribution in [2.24, 2.45) is 0 Å². The molecule has 0 aromatic heterocycles. The summed E-state index contributed by atoms with van der Waals surface area (Å²) in [5, 5.41) is 14.3. The summed E-state index contributed by atoms with van der Waals surface area (Å²) in [6, 6.07) is 5.64. The number of carbonyl (C=O) groups excluding carboxylic acids is 1. The number of amides is 1. The van der Waals surface area contributed by atoms with Crippen molar-refractivity contribution in [3.63, 3.8) is 0 Å². The lowest BCUT2D eigenvalue weighted by atomic mass is 10.2. The highest BCUT2D eigenvalue weighted by atomic mass is 32.2. The number of carboxylic acid groups (broad SMARTS) is 1. The fraction of sp³-hybridized carbons (Fsp3) is 0.333. The van der Waals surface area contributed by atoms with Gasteiger partial charge >= 0.3 is 5.97 Å². The van der Waals surface area contributed by atoms with Gasteiger partial charge in [0.05, 0.1) is 17.4 Å². The SMILES string of the molecule is CC1Sc2ccc(NCCC(=O)O)cc2NC1=O. The van der Waals surface area contributed by atoms with Gasteiger partial charge in [0.1, 0.15) is 0 Å². The Kier molecular flexibility index (Phi) is 3.76. The zero-order chi connectivity index (χ0) is 13.1. The van der Waals surface area contributed by atoms with Gasteiger partial charge in [-0.25, -0.2) is 0 Å². The maximum absolute atomic E-state index is 11.5. The first-order valence-electron chi connectivity index (χ1n) is 5.63. The van der Waals surface area contributed by atoms with Crippen molar-refractivity contribution in [1.82, 2.24) is 0 Å². The van der Waals surface area contributed by atoms with E-state index in [1.54, 1.807) is 0 Å². The van der Waals surface area contributed by atoms with Crippen LogP contribution < -0.4 is 10.6 Å². The highest BCUT2D eigenvalue weighted by molar-refractivity contribution is 8.00. The summed E-state index contributed by atoms with van der Waals surface area (Å²) in [5.74, 6) is -0.840. The summed E-state index contributed by atoms with van der Waals surface area (Å²) in [6.07, 6.45) is 0.0647. The van der Waals surface area contributed by atoms with Crippen molar-refractivity contribution in [1.29, 1.82) is 0 Å². The van der Waals surface area contributed by atoms with Crippen LogP contribution in [0.25, 0.3) is 0 Å². The molecule has 0 bridgehead atoms. The summed E-state index contributed by atoms with van der Waals surface area (Å²) in [4.78, 5) is 23.0. The summed E-state index contributed by atoms with van der Waals surface area (Å²) in [6.45, 7) is 2.23. The van der Waals surface area contributed by atoms with Gasteiger partial charge in [0.25, 0.3) is 0 Å². The zero-order valence-corrected chi connectivity index (χ0v) is 10.7. The number of carboxylic acids is 1. The fourth-order valence-electron chi connectivity index (χ4n) is 1.63. The third kappa shape index (κ3) is 2.95. The Bertz CT molecular complexity index is 490. The van der Waals surface area contributed by atoms with Crippen LogP contribution in [0.1, 0.15) is 13.3 Å². The molecule has 0 saturated heterocycles. The van der Waals surface area contributed by atoms with Gasteiger partial charge in [0.2, 0.25) is 5.91 Å². The standard InChI is InChI=1S/C12H14N2O3S/c1-7-12(17)14-9-6-8(2-3-10(9)18-7)13-5-4-11(15)16/h2-3,6-7,13H,4-5H2,1H3,(H,14,17)(H,15,16). The molecule has 1 amide bonds. The maximum Gasteiger partial charge on any atom is 0.305 e. The van der Waals surface area contributed by atoms with Crippen LogP contribution in [0.5, 0.6) is 0 Å². The second-order valence-corrected chi connectivity index (χ2v) is 5.41. The molecule has 1 atom stereocenters. The first-order valence-corrected chi connectivity index (χ1v) is 6.51. The lowest BCUT2D eigenvalue weighted by Gasteiger charge is -2.22. The summed E-state index contributed by atoms with van der Waals surface area (Å²) >= 11 is 1.52. The van der Waals surface area contributed by atoms with E-state index in [9.17, 15) is 9.59 Å². The minimum absolute atomic E-state index is 0.00446. The van der Waals surface area contributed by atoms with Crippen molar-refractivity contribution in [3.8, 4) is 0 Å². The van der Waals surface area contributed by atoms with E-state index in [1.807, 2.05) is 25.1 Å². The summed E-state index contributed by atoms with van der Waals surface area (Å²) < 4.78 is 0. The maximum atomic E-state index is 11.5. The van der Waals surface area contributed by atoms with Gasteiger partial charge in [-0.1, -0.05) is 0 Å². The quantitative estimate of drug-likeness (QED) is 0.777. The first-order chi connectivity index (χ1) is 8.56. The predicted molar refractivity (Wildman–Crippen MR) is 71.1 cm³/mol. The number of fused-ring (bicyclic) bond motifs is 1. The molecule has 1 aliphatic rings. The Hall–Kier alpha value is -1.69. The molecule has 0 fully saturated rings. The van der Waals surface area contributed by atoms with Gasteiger partial charge in [-0.15, -0.1) is 11.8 Å². The van der Waals surface area contributed by atoms with Crippen LogP contribution in [0.2, 0.25) is 0 Å². The average molecular weight is 266 g/mol. The molecule has 0 saturated carbocycles. The van der Waals surface area contributed by atoms with E-state index in [4.69, 9.17) is 5.11 Å². The number of nitrogens with one attached hydrogen (secondary N) is 2.